The maximum Gasteiger partial charge on any atom is 0.240 e. The van der Waals surface area contributed by atoms with Crippen LogP contribution in [0.15, 0.2) is 73.1 Å². The zero-order valence-electron chi connectivity index (χ0n) is 18.4. The van der Waals surface area contributed by atoms with Gasteiger partial charge in [0.15, 0.2) is 0 Å². The van der Waals surface area contributed by atoms with Crippen molar-refractivity contribution in [3.63, 3.8) is 0 Å². The standard InChI is InChI=1S/C26H21FN4O2S/c1-34(33)30-15-26(16-30)20-8-4-5-9-22(20)31(25(26)32)14-21-24(18-10-11-23(27)29-13-18)19-7-3-2-6-17(19)12-28-21/h2-13H,14-16H2,1H3. The van der Waals surface area contributed by atoms with Crippen LogP contribution in [0.4, 0.5) is 10.1 Å². The molecule has 34 heavy (non-hydrogen) atoms. The average molecular weight is 473 g/mol. The fourth-order valence-corrected chi connectivity index (χ4v) is 5.92. The molecule has 1 spiro atoms. The second kappa shape index (κ2) is 7.78. The molecule has 1 atom stereocenters. The Morgan fingerprint density at radius 1 is 1.00 bits per heavy atom. The Balaban J connectivity index is 1.46. The van der Waals surface area contributed by atoms with E-state index in [1.165, 1.54) is 12.3 Å². The van der Waals surface area contributed by atoms with E-state index >= 15 is 0 Å². The number of carbonyl (C=O) groups excluding carboxylic acids is 1. The predicted molar refractivity (Wildman–Crippen MR) is 130 cm³/mol. The maximum atomic E-state index is 13.8. The molecule has 1 unspecified atom stereocenters. The van der Waals surface area contributed by atoms with Crippen molar-refractivity contribution in [3.05, 3.63) is 90.3 Å². The van der Waals surface area contributed by atoms with E-state index in [2.05, 4.69) is 4.98 Å². The van der Waals surface area contributed by atoms with Gasteiger partial charge in [-0.3, -0.25) is 9.78 Å². The zero-order chi connectivity index (χ0) is 23.4. The number of anilines is 1. The van der Waals surface area contributed by atoms with Crippen LogP contribution in [0.1, 0.15) is 11.3 Å². The molecule has 6 nitrogen and oxygen atoms in total. The van der Waals surface area contributed by atoms with Crippen molar-refractivity contribution < 1.29 is 13.4 Å². The molecular formula is C26H21FN4O2S. The number of rotatable bonds is 4. The largest absolute Gasteiger partial charge is 0.305 e. The van der Waals surface area contributed by atoms with Gasteiger partial charge >= 0.3 is 0 Å². The van der Waals surface area contributed by atoms with Crippen molar-refractivity contribution in [2.45, 2.75) is 12.0 Å². The number of pyridine rings is 2. The fourth-order valence-electron chi connectivity index (χ4n) is 5.12. The molecule has 0 bridgehead atoms. The van der Waals surface area contributed by atoms with E-state index in [0.717, 1.165) is 33.2 Å². The Labute approximate surface area is 198 Å². The molecule has 0 aliphatic carbocycles. The molecule has 1 fully saturated rings. The molecule has 0 N–H and O–H groups in total. The second-order valence-corrected chi connectivity index (χ2v) is 10.1. The van der Waals surface area contributed by atoms with Crippen molar-refractivity contribution in [2.24, 2.45) is 0 Å². The quantitative estimate of drug-likeness (QED) is 0.424. The monoisotopic (exact) mass is 472 g/mol. The number of aromatic nitrogens is 2. The fraction of sp³-hybridized carbons (Fsp3) is 0.192. The van der Waals surface area contributed by atoms with E-state index in [4.69, 9.17) is 4.98 Å². The minimum absolute atomic E-state index is 0.00598. The highest BCUT2D eigenvalue weighted by atomic mass is 32.2. The average Bonchev–Trinajstić information content (AvgIpc) is 3.06. The molecular weight excluding hydrogens is 451 g/mol. The lowest BCUT2D eigenvalue weighted by molar-refractivity contribution is -0.127. The lowest BCUT2D eigenvalue weighted by atomic mass is 9.76. The van der Waals surface area contributed by atoms with Gasteiger partial charge in [-0.15, -0.1) is 0 Å². The van der Waals surface area contributed by atoms with Gasteiger partial charge in [0.1, 0.15) is 5.41 Å². The van der Waals surface area contributed by atoms with Gasteiger partial charge in [0.05, 0.1) is 23.2 Å². The topological polar surface area (TPSA) is 66.4 Å². The molecule has 6 rings (SSSR count). The summed E-state index contributed by atoms with van der Waals surface area (Å²) >= 11 is 0. The van der Waals surface area contributed by atoms with Crippen LogP contribution in [-0.4, -0.2) is 43.7 Å². The Hall–Kier alpha value is -3.49. The van der Waals surface area contributed by atoms with E-state index in [9.17, 15) is 13.4 Å². The Morgan fingerprint density at radius 3 is 2.53 bits per heavy atom. The molecule has 170 valence electrons. The third kappa shape index (κ3) is 3.09. The zero-order valence-corrected chi connectivity index (χ0v) is 19.3. The number of fused-ring (bicyclic) bond motifs is 3. The molecule has 0 saturated carbocycles. The molecule has 4 heterocycles. The Bertz CT molecular complexity index is 1470. The summed E-state index contributed by atoms with van der Waals surface area (Å²) in [5.74, 6) is -0.555. The summed E-state index contributed by atoms with van der Waals surface area (Å²) in [5.41, 5.74) is 3.42. The summed E-state index contributed by atoms with van der Waals surface area (Å²) < 4.78 is 27.4. The van der Waals surface area contributed by atoms with E-state index in [1.807, 2.05) is 52.8 Å². The second-order valence-electron chi connectivity index (χ2n) is 8.75. The summed E-state index contributed by atoms with van der Waals surface area (Å²) in [6.07, 6.45) is 4.94. The van der Waals surface area contributed by atoms with E-state index in [0.29, 0.717) is 18.8 Å². The minimum Gasteiger partial charge on any atom is -0.305 e. The van der Waals surface area contributed by atoms with Crippen molar-refractivity contribution in [1.29, 1.82) is 0 Å². The third-order valence-corrected chi connectivity index (χ3v) is 7.81. The number of para-hydroxylation sites is 1. The molecule has 1 amide bonds. The van der Waals surface area contributed by atoms with Crippen molar-refractivity contribution in [2.75, 3.05) is 24.2 Å². The van der Waals surface area contributed by atoms with Gasteiger partial charge < -0.3 is 4.90 Å². The van der Waals surface area contributed by atoms with Crippen LogP contribution in [0, 0.1) is 5.95 Å². The summed E-state index contributed by atoms with van der Waals surface area (Å²) in [6, 6.07) is 18.7. The highest BCUT2D eigenvalue weighted by Gasteiger charge is 2.58. The first kappa shape index (κ1) is 21.1. The predicted octanol–water partition coefficient (Wildman–Crippen LogP) is 3.83. The van der Waals surface area contributed by atoms with Crippen LogP contribution in [-0.2, 0) is 27.7 Å². The number of benzene rings is 2. The smallest absolute Gasteiger partial charge is 0.240 e. The van der Waals surface area contributed by atoms with Gasteiger partial charge in [0.25, 0.3) is 0 Å². The number of carbonyl (C=O) groups is 1. The van der Waals surface area contributed by atoms with Crippen molar-refractivity contribution in [3.8, 4) is 11.1 Å². The lowest BCUT2D eigenvalue weighted by Gasteiger charge is -2.45. The van der Waals surface area contributed by atoms with Gasteiger partial charge in [-0.1, -0.05) is 42.5 Å². The number of amides is 1. The number of nitrogens with zero attached hydrogens (tertiary/aromatic N) is 4. The Kier molecular flexibility index (Phi) is 4.82. The van der Waals surface area contributed by atoms with Crippen LogP contribution >= 0.6 is 0 Å². The lowest BCUT2D eigenvalue weighted by Crippen LogP contribution is -2.63. The van der Waals surface area contributed by atoms with E-state index in [-0.39, 0.29) is 12.5 Å². The van der Waals surface area contributed by atoms with Crippen molar-refractivity contribution in [1.82, 2.24) is 14.3 Å². The maximum absolute atomic E-state index is 13.8. The highest BCUT2D eigenvalue weighted by Crippen LogP contribution is 2.48. The molecule has 8 heteroatoms. The van der Waals surface area contributed by atoms with Crippen LogP contribution in [0.25, 0.3) is 21.9 Å². The van der Waals surface area contributed by atoms with Gasteiger partial charge in [0, 0.05) is 53.9 Å². The van der Waals surface area contributed by atoms with Crippen LogP contribution < -0.4 is 4.90 Å². The van der Waals surface area contributed by atoms with Gasteiger partial charge in [-0.25, -0.2) is 13.5 Å². The SMILES string of the molecule is CS(=O)N1CC2(C1)C(=O)N(Cc1ncc3ccccc3c1-c1ccc(F)nc1)c1ccccc12. The first-order valence-electron chi connectivity index (χ1n) is 11.0. The third-order valence-electron chi connectivity index (χ3n) is 6.82. The van der Waals surface area contributed by atoms with Crippen LogP contribution in [0.3, 0.4) is 0 Å². The first-order chi connectivity index (χ1) is 16.5. The molecule has 2 aliphatic heterocycles. The molecule has 1 saturated heterocycles. The van der Waals surface area contributed by atoms with E-state index in [1.54, 1.807) is 23.4 Å². The van der Waals surface area contributed by atoms with E-state index < -0.39 is 22.3 Å². The van der Waals surface area contributed by atoms with Crippen LogP contribution in [0.2, 0.25) is 0 Å². The highest BCUT2D eigenvalue weighted by molar-refractivity contribution is 7.81. The van der Waals surface area contributed by atoms with Gasteiger partial charge in [-0.2, -0.15) is 4.39 Å². The summed E-state index contributed by atoms with van der Waals surface area (Å²) in [7, 11) is -1.12. The molecule has 4 aromatic rings. The Morgan fingerprint density at radius 2 is 1.76 bits per heavy atom. The number of hydrogen-bond donors (Lipinski definition) is 0. The van der Waals surface area contributed by atoms with Crippen molar-refractivity contribution >= 4 is 33.4 Å². The molecule has 2 aromatic carbocycles. The molecule has 2 aliphatic rings. The normalized spacial score (nSPS) is 17.7. The number of hydrogen-bond acceptors (Lipinski definition) is 4. The van der Waals surface area contributed by atoms with Gasteiger partial charge in [-0.05, 0) is 29.1 Å². The first-order valence-corrected chi connectivity index (χ1v) is 12.5. The van der Waals surface area contributed by atoms with Gasteiger partial charge in [0.2, 0.25) is 11.9 Å². The number of halogens is 1. The van der Waals surface area contributed by atoms with Crippen LogP contribution in [0.5, 0.6) is 0 Å². The molecule has 2 aromatic heterocycles. The minimum atomic E-state index is -1.12. The summed E-state index contributed by atoms with van der Waals surface area (Å²) in [6.45, 7) is 1.13. The summed E-state index contributed by atoms with van der Waals surface area (Å²) in [4.78, 5) is 24.2. The summed E-state index contributed by atoms with van der Waals surface area (Å²) in [5, 5.41) is 1.92. The molecule has 0 radical (unpaired) electrons.